The van der Waals surface area contributed by atoms with Gasteiger partial charge >= 0.3 is 0 Å². The van der Waals surface area contributed by atoms with E-state index in [0.29, 0.717) is 0 Å². The lowest BCUT2D eigenvalue weighted by Gasteiger charge is -2.07. The van der Waals surface area contributed by atoms with Gasteiger partial charge in [-0.2, -0.15) is 0 Å². The Bertz CT molecular complexity index is 1720. The van der Waals surface area contributed by atoms with Gasteiger partial charge in [0.05, 0.1) is 5.69 Å². The van der Waals surface area contributed by atoms with Gasteiger partial charge in [0.1, 0.15) is 0 Å². The largest absolute Gasteiger partial charge is 0.404 e. The summed E-state index contributed by atoms with van der Waals surface area (Å²) in [6.07, 6.45) is 14.8. The zero-order chi connectivity index (χ0) is 36.8. The first kappa shape index (κ1) is 41.1. The number of pyridine rings is 1. The van der Waals surface area contributed by atoms with Gasteiger partial charge in [-0.3, -0.25) is 4.98 Å². The molecule has 3 nitrogen and oxygen atoms in total. The van der Waals surface area contributed by atoms with Crippen molar-refractivity contribution in [2.75, 3.05) is 5.73 Å². The Balaban J connectivity index is 0.000000366. The van der Waals surface area contributed by atoms with Crippen molar-refractivity contribution in [1.82, 2.24) is 4.98 Å². The van der Waals surface area contributed by atoms with Crippen molar-refractivity contribution < 1.29 is 0 Å². The van der Waals surface area contributed by atoms with Crippen molar-refractivity contribution in [3.05, 3.63) is 206 Å². The molecule has 4 aromatic rings. The van der Waals surface area contributed by atoms with Crippen LogP contribution in [-0.2, 0) is 0 Å². The highest BCUT2D eigenvalue weighted by Gasteiger charge is 2.03. The molecule has 0 saturated carbocycles. The van der Waals surface area contributed by atoms with E-state index < -0.39 is 0 Å². The lowest BCUT2D eigenvalue weighted by molar-refractivity contribution is 1.28. The molecule has 49 heavy (non-hydrogen) atoms. The van der Waals surface area contributed by atoms with Crippen LogP contribution in [0.15, 0.2) is 178 Å². The third-order valence-corrected chi connectivity index (χ3v) is 7.43. The van der Waals surface area contributed by atoms with E-state index in [-0.39, 0.29) is 0 Å². The summed E-state index contributed by atoms with van der Waals surface area (Å²) in [4.78, 5) is 4.51. The summed E-state index contributed by atoms with van der Waals surface area (Å²) in [7, 11) is 0. The highest BCUT2D eigenvalue weighted by atomic mass is 14.7. The number of anilines is 1. The molecule has 252 valence electrons. The zero-order valence-electron chi connectivity index (χ0n) is 30.0. The van der Waals surface area contributed by atoms with Gasteiger partial charge in [-0.1, -0.05) is 148 Å². The topological polar surface area (TPSA) is 64.9 Å². The molecule has 0 aliphatic heterocycles. The molecule has 3 heteroatoms. The van der Waals surface area contributed by atoms with E-state index in [4.69, 9.17) is 11.5 Å². The van der Waals surface area contributed by atoms with Gasteiger partial charge in [0.15, 0.2) is 0 Å². The summed E-state index contributed by atoms with van der Waals surface area (Å²) in [5.74, 6) is 0. The lowest BCUT2D eigenvalue weighted by Crippen LogP contribution is -1.89. The number of nitrogens with two attached hydrogens (primary N) is 2. The van der Waals surface area contributed by atoms with Gasteiger partial charge in [-0.15, -0.1) is 0 Å². The van der Waals surface area contributed by atoms with Crippen LogP contribution in [0.25, 0.3) is 33.9 Å². The molecule has 0 fully saturated rings. The molecule has 3 aromatic carbocycles. The third-order valence-electron chi connectivity index (χ3n) is 7.43. The molecule has 1 heterocycles. The quantitative estimate of drug-likeness (QED) is 0.140. The number of nitrogen functional groups attached to an aromatic ring is 1. The van der Waals surface area contributed by atoms with Crippen LogP contribution in [0.1, 0.15) is 55.6 Å². The Morgan fingerprint density at radius 2 is 1.16 bits per heavy atom. The molecule has 0 spiro atoms. The number of allylic oxidation sites excluding steroid dienone is 10. The third kappa shape index (κ3) is 14.2. The van der Waals surface area contributed by atoms with Gasteiger partial charge in [0.25, 0.3) is 0 Å². The van der Waals surface area contributed by atoms with Crippen LogP contribution in [0.3, 0.4) is 0 Å². The Morgan fingerprint density at radius 3 is 1.53 bits per heavy atom. The lowest BCUT2D eigenvalue weighted by atomic mass is 10.0. The second-order valence-electron chi connectivity index (χ2n) is 11.0. The Morgan fingerprint density at radius 1 is 0.653 bits per heavy atom. The highest BCUT2D eigenvalue weighted by molar-refractivity contribution is 5.77. The maximum absolute atomic E-state index is 5.50. The van der Waals surface area contributed by atoms with Crippen molar-refractivity contribution >= 4 is 28.5 Å². The Hall–Kier alpha value is -5.93. The number of hydrogen-bond donors (Lipinski definition) is 2. The Kier molecular flexibility index (Phi) is 18.9. The molecule has 0 radical (unpaired) electrons. The second-order valence-corrected chi connectivity index (χ2v) is 11.0. The predicted molar refractivity (Wildman–Crippen MR) is 221 cm³/mol. The highest BCUT2D eigenvalue weighted by Crippen LogP contribution is 2.24. The zero-order valence-corrected chi connectivity index (χ0v) is 30.0. The number of nitrogens with zero attached hydrogens (tertiary/aromatic N) is 1. The van der Waals surface area contributed by atoms with Crippen LogP contribution >= 0.6 is 0 Å². The minimum absolute atomic E-state index is 0.822. The number of aromatic nitrogens is 1. The average molecular weight is 648 g/mol. The van der Waals surface area contributed by atoms with Crippen molar-refractivity contribution in [1.29, 1.82) is 0 Å². The molecule has 0 bridgehead atoms. The monoisotopic (exact) mass is 647 g/mol. The van der Waals surface area contributed by atoms with Crippen LogP contribution in [-0.4, -0.2) is 4.98 Å². The molecule has 0 unspecified atom stereocenters. The van der Waals surface area contributed by atoms with E-state index in [0.717, 1.165) is 67.1 Å². The van der Waals surface area contributed by atoms with Crippen molar-refractivity contribution in [2.45, 2.75) is 34.6 Å². The molecular formula is C46H53N3. The van der Waals surface area contributed by atoms with E-state index in [1.54, 1.807) is 12.3 Å². The molecule has 0 atom stereocenters. The second kappa shape index (κ2) is 22.6. The smallest absolute Gasteiger partial charge is 0.0698 e. The molecule has 4 rings (SSSR count). The Labute approximate surface area is 296 Å². The average Bonchev–Trinajstić information content (AvgIpc) is 3.12. The summed E-state index contributed by atoms with van der Waals surface area (Å²) in [6, 6.07) is 28.1. The summed E-state index contributed by atoms with van der Waals surface area (Å²) in [5.41, 5.74) is 24.8. The minimum Gasteiger partial charge on any atom is -0.404 e. The van der Waals surface area contributed by atoms with Gasteiger partial charge in [0, 0.05) is 23.6 Å². The fraction of sp³-hybridized carbons (Fsp3) is 0.109. The maximum Gasteiger partial charge on any atom is 0.0698 e. The van der Waals surface area contributed by atoms with Crippen LogP contribution < -0.4 is 11.5 Å². The molecule has 0 amide bonds. The number of benzene rings is 3. The molecule has 4 N–H and O–H groups in total. The molecule has 0 aliphatic carbocycles. The molecule has 0 saturated heterocycles. The molecule has 1 aromatic heterocycles. The number of rotatable bonds is 9. The summed E-state index contributed by atoms with van der Waals surface area (Å²) in [6.45, 7) is 32.4. The van der Waals surface area contributed by atoms with Crippen molar-refractivity contribution in [3.63, 3.8) is 0 Å². The summed E-state index contributed by atoms with van der Waals surface area (Å²) < 4.78 is 0. The fourth-order valence-corrected chi connectivity index (χ4v) is 4.14. The van der Waals surface area contributed by atoms with Crippen molar-refractivity contribution in [2.24, 2.45) is 5.73 Å². The van der Waals surface area contributed by atoms with Gasteiger partial charge in [0.2, 0.25) is 0 Å². The number of hydrogen-bond acceptors (Lipinski definition) is 3. The van der Waals surface area contributed by atoms with E-state index in [2.05, 4.69) is 87.8 Å². The van der Waals surface area contributed by atoms with Crippen LogP contribution in [0.4, 0.5) is 5.69 Å². The van der Waals surface area contributed by atoms with Gasteiger partial charge in [-0.25, -0.2) is 0 Å². The first-order valence-corrected chi connectivity index (χ1v) is 16.0. The van der Waals surface area contributed by atoms with Gasteiger partial charge in [-0.05, 0) is 103 Å². The van der Waals surface area contributed by atoms with Crippen LogP contribution in [0.2, 0.25) is 0 Å². The number of para-hydroxylation sites is 1. The van der Waals surface area contributed by atoms with Crippen LogP contribution in [0, 0.1) is 6.92 Å². The normalized spacial score (nSPS) is 10.8. The van der Waals surface area contributed by atoms with E-state index in [1.165, 1.54) is 5.56 Å². The van der Waals surface area contributed by atoms with Crippen LogP contribution in [0.5, 0.6) is 0 Å². The summed E-state index contributed by atoms with van der Waals surface area (Å²) in [5, 5.41) is 0. The maximum atomic E-state index is 5.50. The van der Waals surface area contributed by atoms with E-state index in [1.807, 2.05) is 113 Å². The van der Waals surface area contributed by atoms with Gasteiger partial charge < -0.3 is 11.5 Å². The fourth-order valence-electron chi connectivity index (χ4n) is 4.14. The van der Waals surface area contributed by atoms with E-state index in [9.17, 15) is 0 Å². The van der Waals surface area contributed by atoms with E-state index >= 15 is 0 Å². The predicted octanol–water partition coefficient (Wildman–Crippen LogP) is 12.5. The SMILES string of the molecule is C=C(C)C(=C)C.C=C/C(=C\C)c1ccc(-c2ccc(C)c(C=C)c2)cn1.C=C/C(=C\C)c1ccc(/C(C=C)=C/N)cc1.Nc1ccccc1. The molecular weight excluding hydrogens is 595 g/mol. The summed E-state index contributed by atoms with van der Waals surface area (Å²) >= 11 is 0. The molecule has 0 aliphatic rings. The first-order chi connectivity index (χ1) is 23.5. The van der Waals surface area contributed by atoms with Crippen molar-refractivity contribution in [3.8, 4) is 11.1 Å². The first-order valence-electron chi connectivity index (χ1n) is 16.0. The standard InChI is InChI=1S/C19H19N.C15H17N.C6H7N.C6H10/c1-5-15(6-2)19-11-10-18(13-20-19)17-9-8-14(4)16(7-3)12-17;1-4-12(5-2)14-7-9-15(10-8-14)13(6-3)11-16;7-6-4-2-1-3-5-6;1-5(2)6(3)4/h5-13H,1,3H2,2,4H3;4-11H,1,3,16H2,2H3;1-5H,7H2;1,3H2,2,4H3/b15-6+;12-5+,13-11+;;. The number of aryl methyl sites for hydroxylation is 1. The minimum atomic E-state index is 0.822.